The third-order valence-corrected chi connectivity index (χ3v) is 4.54. The van der Waals surface area contributed by atoms with E-state index in [1.807, 2.05) is 18.7 Å². The SMILES string of the molecule is CCCS(=O)(=O)NCC(C)N1CCCNC(=O)C1. The van der Waals surface area contributed by atoms with Gasteiger partial charge in [-0.3, -0.25) is 9.69 Å². The van der Waals surface area contributed by atoms with E-state index < -0.39 is 10.0 Å². The zero-order valence-electron chi connectivity index (χ0n) is 11.1. The largest absolute Gasteiger partial charge is 0.355 e. The van der Waals surface area contributed by atoms with Crippen molar-refractivity contribution >= 4 is 15.9 Å². The fraction of sp³-hybridized carbons (Fsp3) is 0.909. The molecule has 1 aliphatic heterocycles. The zero-order valence-corrected chi connectivity index (χ0v) is 11.9. The van der Waals surface area contributed by atoms with E-state index in [1.165, 1.54) is 0 Å². The molecule has 0 aliphatic carbocycles. The van der Waals surface area contributed by atoms with Gasteiger partial charge in [-0.15, -0.1) is 0 Å². The number of carbonyl (C=O) groups excluding carboxylic acids is 1. The highest BCUT2D eigenvalue weighted by Crippen LogP contribution is 2.03. The standard InChI is InChI=1S/C11H23N3O3S/c1-3-7-18(16,17)13-8-10(2)14-6-4-5-12-11(15)9-14/h10,13H,3-9H2,1-2H3,(H,12,15). The number of amides is 1. The molecule has 0 aromatic heterocycles. The van der Waals surface area contributed by atoms with Gasteiger partial charge < -0.3 is 5.32 Å². The van der Waals surface area contributed by atoms with Gasteiger partial charge in [-0.05, 0) is 19.8 Å². The molecule has 7 heteroatoms. The Morgan fingerprint density at radius 2 is 2.22 bits per heavy atom. The summed E-state index contributed by atoms with van der Waals surface area (Å²) in [6, 6.07) is 0.0282. The van der Waals surface area contributed by atoms with Gasteiger partial charge in [0, 0.05) is 25.7 Å². The molecule has 0 radical (unpaired) electrons. The van der Waals surface area contributed by atoms with Crippen molar-refractivity contribution in [1.82, 2.24) is 14.9 Å². The molecule has 1 heterocycles. The van der Waals surface area contributed by atoms with Crippen LogP contribution in [0.3, 0.4) is 0 Å². The summed E-state index contributed by atoms with van der Waals surface area (Å²) in [7, 11) is -3.17. The highest BCUT2D eigenvalue weighted by molar-refractivity contribution is 7.89. The van der Waals surface area contributed by atoms with Crippen molar-refractivity contribution in [3.05, 3.63) is 0 Å². The Morgan fingerprint density at radius 3 is 2.89 bits per heavy atom. The Morgan fingerprint density at radius 1 is 1.50 bits per heavy atom. The summed E-state index contributed by atoms with van der Waals surface area (Å²) < 4.78 is 25.7. The molecular formula is C11H23N3O3S. The third kappa shape index (κ3) is 5.32. The van der Waals surface area contributed by atoms with Gasteiger partial charge in [0.1, 0.15) is 0 Å². The van der Waals surface area contributed by atoms with Crippen molar-refractivity contribution in [2.75, 3.05) is 31.9 Å². The Kier molecular flexibility index (Phi) is 6.04. The number of nitrogens with one attached hydrogen (secondary N) is 2. The Hall–Kier alpha value is -0.660. The first-order valence-corrected chi connectivity index (χ1v) is 8.08. The first-order valence-electron chi connectivity index (χ1n) is 6.42. The van der Waals surface area contributed by atoms with Crippen molar-refractivity contribution < 1.29 is 13.2 Å². The average Bonchev–Trinajstić information content (AvgIpc) is 2.51. The lowest BCUT2D eigenvalue weighted by Crippen LogP contribution is -2.45. The van der Waals surface area contributed by atoms with Crippen LogP contribution in [0, 0.1) is 0 Å². The first kappa shape index (κ1) is 15.4. The van der Waals surface area contributed by atoms with E-state index in [0.717, 1.165) is 13.0 Å². The number of hydrogen-bond donors (Lipinski definition) is 2. The van der Waals surface area contributed by atoms with Crippen LogP contribution in [0.2, 0.25) is 0 Å². The quantitative estimate of drug-likeness (QED) is 0.688. The summed E-state index contributed by atoms with van der Waals surface area (Å²) in [6.07, 6.45) is 1.51. The van der Waals surface area contributed by atoms with Crippen LogP contribution < -0.4 is 10.0 Å². The second-order valence-electron chi connectivity index (χ2n) is 4.69. The van der Waals surface area contributed by atoms with E-state index in [2.05, 4.69) is 10.0 Å². The van der Waals surface area contributed by atoms with E-state index in [1.54, 1.807) is 0 Å². The highest BCUT2D eigenvalue weighted by Gasteiger charge is 2.20. The van der Waals surface area contributed by atoms with Crippen LogP contribution in [0.15, 0.2) is 0 Å². The van der Waals surface area contributed by atoms with Gasteiger partial charge in [0.25, 0.3) is 0 Å². The highest BCUT2D eigenvalue weighted by atomic mass is 32.2. The van der Waals surface area contributed by atoms with Gasteiger partial charge in [-0.2, -0.15) is 0 Å². The molecule has 1 unspecified atom stereocenters. The summed E-state index contributed by atoms with van der Waals surface area (Å²) in [4.78, 5) is 13.4. The summed E-state index contributed by atoms with van der Waals surface area (Å²) in [6.45, 7) is 5.99. The lowest BCUT2D eigenvalue weighted by Gasteiger charge is -2.26. The van der Waals surface area contributed by atoms with Crippen LogP contribution in [0.4, 0.5) is 0 Å². The predicted octanol–water partition coefficient (Wildman–Crippen LogP) is -0.474. The number of nitrogens with zero attached hydrogens (tertiary/aromatic N) is 1. The van der Waals surface area contributed by atoms with E-state index in [4.69, 9.17) is 0 Å². The van der Waals surface area contributed by atoms with Gasteiger partial charge in [0.05, 0.1) is 12.3 Å². The van der Waals surface area contributed by atoms with Gasteiger partial charge >= 0.3 is 0 Å². The molecule has 18 heavy (non-hydrogen) atoms. The minimum Gasteiger partial charge on any atom is -0.355 e. The van der Waals surface area contributed by atoms with Gasteiger partial charge in [0.15, 0.2) is 0 Å². The second kappa shape index (κ2) is 7.06. The molecule has 1 atom stereocenters. The second-order valence-corrected chi connectivity index (χ2v) is 6.62. The molecule has 0 aromatic carbocycles. The van der Waals surface area contributed by atoms with E-state index in [-0.39, 0.29) is 17.7 Å². The summed E-state index contributed by atoms with van der Waals surface area (Å²) in [5.41, 5.74) is 0. The molecule has 1 aliphatic rings. The van der Waals surface area contributed by atoms with E-state index in [0.29, 0.717) is 26.1 Å². The van der Waals surface area contributed by atoms with Gasteiger partial charge in [0.2, 0.25) is 15.9 Å². The summed E-state index contributed by atoms with van der Waals surface area (Å²) in [5, 5.41) is 2.80. The molecule has 1 saturated heterocycles. The summed E-state index contributed by atoms with van der Waals surface area (Å²) in [5.74, 6) is 0.163. The number of hydrogen-bond acceptors (Lipinski definition) is 4. The number of rotatable bonds is 6. The molecule has 0 saturated carbocycles. The Balaban J connectivity index is 2.44. The molecular weight excluding hydrogens is 254 g/mol. The fourth-order valence-electron chi connectivity index (χ4n) is 1.92. The Bertz CT molecular complexity index is 370. The molecule has 1 rings (SSSR count). The lowest BCUT2D eigenvalue weighted by atomic mass is 10.2. The van der Waals surface area contributed by atoms with Crippen molar-refractivity contribution in [3.8, 4) is 0 Å². The van der Waals surface area contributed by atoms with Crippen molar-refractivity contribution in [2.24, 2.45) is 0 Å². The third-order valence-electron chi connectivity index (χ3n) is 2.99. The molecule has 0 spiro atoms. The van der Waals surface area contributed by atoms with E-state index in [9.17, 15) is 13.2 Å². The zero-order chi connectivity index (χ0) is 13.6. The topological polar surface area (TPSA) is 78.5 Å². The average molecular weight is 277 g/mol. The van der Waals surface area contributed by atoms with Crippen LogP contribution in [-0.4, -0.2) is 57.2 Å². The fourth-order valence-corrected chi connectivity index (χ4v) is 3.10. The van der Waals surface area contributed by atoms with Crippen LogP contribution in [0.25, 0.3) is 0 Å². The minimum atomic E-state index is -3.17. The molecule has 6 nitrogen and oxygen atoms in total. The predicted molar refractivity (Wildman–Crippen MR) is 70.7 cm³/mol. The smallest absolute Gasteiger partial charge is 0.234 e. The molecule has 0 bridgehead atoms. The lowest BCUT2D eigenvalue weighted by molar-refractivity contribution is -0.121. The first-order chi connectivity index (χ1) is 8.44. The maximum absolute atomic E-state index is 11.5. The maximum atomic E-state index is 11.5. The molecule has 0 aromatic rings. The van der Waals surface area contributed by atoms with Crippen LogP contribution >= 0.6 is 0 Å². The van der Waals surface area contributed by atoms with Gasteiger partial charge in [-0.1, -0.05) is 6.92 Å². The number of carbonyl (C=O) groups is 1. The monoisotopic (exact) mass is 277 g/mol. The minimum absolute atomic E-state index is 0.00997. The normalized spacial score (nSPS) is 20.2. The molecule has 1 amide bonds. The molecule has 2 N–H and O–H groups in total. The summed E-state index contributed by atoms with van der Waals surface area (Å²) >= 11 is 0. The van der Waals surface area contributed by atoms with E-state index >= 15 is 0 Å². The van der Waals surface area contributed by atoms with Crippen molar-refractivity contribution in [1.29, 1.82) is 0 Å². The van der Waals surface area contributed by atoms with Gasteiger partial charge in [-0.25, -0.2) is 13.1 Å². The van der Waals surface area contributed by atoms with Crippen LogP contribution in [0.1, 0.15) is 26.7 Å². The van der Waals surface area contributed by atoms with Crippen LogP contribution in [0.5, 0.6) is 0 Å². The van der Waals surface area contributed by atoms with Crippen molar-refractivity contribution in [3.63, 3.8) is 0 Å². The molecule has 106 valence electrons. The Labute approximate surface area is 109 Å². The van der Waals surface area contributed by atoms with Crippen LogP contribution in [-0.2, 0) is 14.8 Å². The number of sulfonamides is 1. The van der Waals surface area contributed by atoms with Crippen molar-refractivity contribution in [2.45, 2.75) is 32.7 Å². The maximum Gasteiger partial charge on any atom is 0.234 e. The molecule has 1 fully saturated rings.